The molecule has 0 bridgehead atoms. The van der Waals surface area contributed by atoms with Crippen molar-refractivity contribution in [3.63, 3.8) is 0 Å². The second-order valence-corrected chi connectivity index (χ2v) is 4.85. The van der Waals surface area contributed by atoms with Gasteiger partial charge in [0.25, 0.3) is 0 Å². The fourth-order valence-corrected chi connectivity index (χ4v) is 2.40. The van der Waals surface area contributed by atoms with E-state index in [9.17, 15) is 0 Å². The smallest absolute Gasteiger partial charge is 0.318 e. The summed E-state index contributed by atoms with van der Waals surface area (Å²) in [6.07, 6.45) is 0. The highest BCUT2D eigenvalue weighted by atomic mass is 16.5. The van der Waals surface area contributed by atoms with Crippen LogP contribution in [0.25, 0.3) is 0 Å². The zero-order valence-corrected chi connectivity index (χ0v) is 12.0. The number of nitrogens with zero attached hydrogens (tertiary/aromatic N) is 4. The van der Waals surface area contributed by atoms with Crippen LogP contribution in [-0.2, 0) is 6.54 Å². The van der Waals surface area contributed by atoms with Crippen LogP contribution in [0.3, 0.4) is 0 Å². The lowest BCUT2D eigenvalue weighted by Crippen LogP contribution is -2.46. The second kappa shape index (κ2) is 6.01. The van der Waals surface area contributed by atoms with Crippen molar-refractivity contribution < 1.29 is 9.15 Å². The number of hydrogen-bond donors (Lipinski definition) is 1. The van der Waals surface area contributed by atoms with Gasteiger partial charge in [-0.3, -0.25) is 0 Å². The van der Waals surface area contributed by atoms with Gasteiger partial charge in [0, 0.05) is 31.9 Å². The molecule has 2 aromatic rings. The molecule has 1 aliphatic heterocycles. The summed E-state index contributed by atoms with van der Waals surface area (Å²) in [6, 6.07) is 8.67. The molecule has 2 N–H and O–H groups in total. The topological polar surface area (TPSA) is 80.7 Å². The molecule has 0 aliphatic carbocycles. The molecule has 2 heterocycles. The van der Waals surface area contributed by atoms with Gasteiger partial charge >= 0.3 is 6.01 Å². The predicted molar refractivity (Wildman–Crippen MR) is 79.6 cm³/mol. The van der Waals surface area contributed by atoms with Crippen molar-refractivity contribution in [2.75, 3.05) is 43.1 Å². The highest BCUT2D eigenvalue weighted by Crippen LogP contribution is 2.22. The number of aromatic nitrogens is 2. The Morgan fingerprint density at radius 3 is 2.33 bits per heavy atom. The van der Waals surface area contributed by atoms with Crippen LogP contribution in [0.5, 0.6) is 5.75 Å². The average molecular weight is 289 g/mol. The van der Waals surface area contributed by atoms with Gasteiger partial charge in [0.2, 0.25) is 5.89 Å². The number of methoxy groups -OCH3 is 1. The zero-order chi connectivity index (χ0) is 14.7. The maximum Gasteiger partial charge on any atom is 0.318 e. The lowest BCUT2D eigenvalue weighted by Gasteiger charge is -2.35. The molecule has 3 rings (SSSR count). The summed E-state index contributed by atoms with van der Waals surface area (Å²) in [7, 11) is 1.67. The molecular formula is C14H19N5O2. The third-order valence-corrected chi connectivity index (χ3v) is 3.62. The van der Waals surface area contributed by atoms with Gasteiger partial charge in [-0.15, -0.1) is 5.10 Å². The first-order chi connectivity index (χ1) is 10.3. The van der Waals surface area contributed by atoms with Crippen molar-refractivity contribution >= 4 is 11.7 Å². The maximum absolute atomic E-state index is 5.49. The van der Waals surface area contributed by atoms with Crippen molar-refractivity contribution in [1.29, 1.82) is 0 Å². The quantitative estimate of drug-likeness (QED) is 0.894. The van der Waals surface area contributed by atoms with Crippen LogP contribution in [-0.4, -0.2) is 43.5 Å². The number of rotatable bonds is 4. The second-order valence-electron chi connectivity index (χ2n) is 4.85. The van der Waals surface area contributed by atoms with Gasteiger partial charge in [-0.1, -0.05) is 5.10 Å². The van der Waals surface area contributed by atoms with E-state index in [0.29, 0.717) is 11.9 Å². The minimum absolute atomic E-state index is 0.277. The largest absolute Gasteiger partial charge is 0.497 e. The van der Waals surface area contributed by atoms with E-state index in [4.69, 9.17) is 14.9 Å². The molecule has 0 spiro atoms. The Kier molecular flexibility index (Phi) is 3.92. The molecule has 0 atom stereocenters. The third kappa shape index (κ3) is 2.92. The summed E-state index contributed by atoms with van der Waals surface area (Å²) in [5, 5.41) is 7.92. The molecule has 1 aliphatic rings. The molecule has 7 nitrogen and oxygen atoms in total. The van der Waals surface area contributed by atoms with Crippen molar-refractivity contribution in [1.82, 2.24) is 10.2 Å². The molecule has 1 fully saturated rings. The normalized spacial score (nSPS) is 15.3. The first-order valence-corrected chi connectivity index (χ1v) is 6.96. The predicted octanol–water partition coefficient (Wildman–Crippen LogP) is 0.863. The molecule has 112 valence electrons. The lowest BCUT2D eigenvalue weighted by molar-refractivity contribution is 0.415. The Balaban J connectivity index is 1.61. The molecule has 1 aromatic heterocycles. The van der Waals surface area contributed by atoms with Gasteiger partial charge in [0.05, 0.1) is 13.7 Å². The third-order valence-electron chi connectivity index (χ3n) is 3.62. The minimum Gasteiger partial charge on any atom is -0.497 e. The number of nitrogens with two attached hydrogens (primary N) is 1. The monoisotopic (exact) mass is 289 g/mol. The van der Waals surface area contributed by atoms with Gasteiger partial charge in [0.15, 0.2) is 0 Å². The average Bonchev–Trinajstić information content (AvgIpc) is 3.04. The number of benzene rings is 1. The molecule has 0 radical (unpaired) electrons. The Morgan fingerprint density at radius 2 is 1.76 bits per heavy atom. The van der Waals surface area contributed by atoms with Crippen LogP contribution >= 0.6 is 0 Å². The van der Waals surface area contributed by atoms with Crippen LogP contribution in [0.2, 0.25) is 0 Å². The molecule has 0 saturated carbocycles. The molecule has 7 heteroatoms. The van der Waals surface area contributed by atoms with E-state index in [2.05, 4.69) is 32.1 Å². The summed E-state index contributed by atoms with van der Waals surface area (Å²) < 4.78 is 10.7. The SMILES string of the molecule is COc1ccc(N2CCN(c3nnc(CN)o3)CC2)cc1. The summed E-state index contributed by atoms with van der Waals surface area (Å²) in [5.41, 5.74) is 6.68. The van der Waals surface area contributed by atoms with Gasteiger partial charge in [0.1, 0.15) is 5.75 Å². The van der Waals surface area contributed by atoms with Gasteiger partial charge in [-0.2, -0.15) is 0 Å². The van der Waals surface area contributed by atoms with Gasteiger partial charge in [-0.05, 0) is 24.3 Å². The highest BCUT2D eigenvalue weighted by Gasteiger charge is 2.21. The van der Waals surface area contributed by atoms with E-state index in [-0.39, 0.29) is 6.54 Å². The van der Waals surface area contributed by atoms with Crippen LogP contribution in [0, 0.1) is 0 Å². The zero-order valence-electron chi connectivity index (χ0n) is 12.0. The standard InChI is InChI=1S/C14H19N5O2/c1-20-12-4-2-11(3-5-12)18-6-8-19(9-7-18)14-17-16-13(10-15)21-14/h2-5H,6-10,15H2,1H3. The Labute approximate surface area is 123 Å². The van der Waals surface area contributed by atoms with E-state index in [1.807, 2.05) is 12.1 Å². The summed E-state index contributed by atoms with van der Waals surface area (Å²) in [5.74, 6) is 1.35. The fraction of sp³-hybridized carbons (Fsp3) is 0.429. The van der Waals surface area contributed by atoms with E-state index in [1.165, 1.54) is 5.69 Å². The molecule has 1 saturated heterocycles. The Morgan fingerprint density at radius 1 is 1.10 bits per heavy atom. The fourth-order valence-electron chi connectivity index (χ4n) is 2.40. The summed E-state index contributed by atoms with van der Waals surface area (Å²) >= 11 is 0. The molecule has 21 heavy (non-hydrogen) atoms. The van der Waals surface area contributed by atoms with E-state index in [0.717, 1.165) is 31.9 Å². The summed E-state index contributed by atoms with van der Waals surface area (Å²) in [6.45, 7) is 3.79. The number of piperazine rings is 1. The van der Waals surface area contributed by atoms with Crippen molar-refractivity contribution in [3.05, 3.63) is 30.2 Å². The van der Waals surface area contributed by atoms with Crippen LogP contribution in [0.15, 0.2) is 28.7 Å². The first-order valence-electron chi connectivity index (χ1n) is 6.96. The minimum atomic E-state index is 0.277. The van der Waals surface area contributed by atoms with E-state index >= 15 is 0 Å². The number of hydrogen-bond acceptors (Lipinski definition) is 7. The van der Waals surface area contributed by atoms with E-state index in [1.54, 1.807) is 7.11 Å². The van der Waals surface area contributed by atoms with E-state index < -0.39 is 0 Å². The first kappa shape index (κ1) is 13.7. The van der Waals surface area contributed by atoms with Gasteiger partial charge < -0.3 is 24.7 Å². The maximum atomic E-state index is 5.49. The molecule has 0 amide bonds. The van der Waals surface area contributed by atoms with Gasteiger partial charge in [-0.25, -0.2) is 0 Å². The molecule has 1 aromatic carbocycles. The Hall–Kier alpha value is -2.28. The molecule has 0 unspecified atom stereocenters. The molecular weight excluding hydrogens is 270 g/mol. The van der Waals surface area contributed by atoms with Crippen molar-refractivity contribution in [3.8, 4) is 5.75 Å². The van der Waals surface area contributed by atoms with Crippen molar-refractivity contribution in [2.45, 2.75) is 6.54 Å². The number of ether oxygens (including phenoxy) is 1. The van der Waals surface area contributed by atoms with Crippen LogP contribution in [0.1, 0.15) is 5.89 Å². The number of anilines is 2. The van der Waals surface area contributed by atoms with Crippen LogP contribution < -0.4 is 20.3 Å². The Bertz CT molecular complexity index is 575. The summed E-state index contributed by atoms with van der Waals surface area (Å²) in [4.78, 5) is 4.42. The van der Waals surface area contributed by atoms with Crippen molar-refractivity contribution in [2.24, 2.45) is 5.73 Å². The lowest BCUT2D eigenvalue weighted by atomic mass is 10.2. The van der Waals surface area contributed by atoms with Crippen LogP contribution in [0.4, 0.5) is 11.7 Å². The highest BCUT2D eigenvalue weighted by molar-refractivity contribution is 5.50.